The average molecular weight is 364 g/mol. The number of aromatic amines is 1. The Morgan fingerprint density at radius 1 is 1.55 bits per heavy atom. The lowest BCUT2D eigenvalue weighted by Crippen LogP contribution is -2.30. The Labute approximate surface area is 133 Å². The predicted octanol–water partition coefficient (Wildman–Crippen LogP) is 2.37. The van der Waals surface area contributed by atoms with E-state index in [0.29, 0.717) is 18.2 Å². The number of hydrogen-bond acceptors (Lipinski definition) is 3. The molecule has 0 aliphatic carbocycles. The third-order valence-corrected chi connectivity index (χ3v) is 3.96. The quantitative estimate of drug-likeness (QED) is 0.719. The van der Waals surface area contributed by atoms with Crippen LogP contribution in [0, 0.1) is 0 Å². The van der Waals surface area contributed by atoms with E-state index in [1.807, 2.05) is 0 Å². The molecule has 0 spiro atoms. The number of nitrogens with zero attached hydrogens (tertiary/aromatic N) is 1. The molecule has 0 saturated carbocycles. The largest absolute Gasteiger partial charge is 0.347 e. The topological polar surface area (TPSA) is 69.8 Å². The maximum atomic E-state index is 12.1. The molecule has 112 valence electrons. The summed E-state index contributed by atoms with van der Waals surface area (Å²) in [4.78, 5) is 12.1. The van der Waals surface area contributed by atoms with E-state index in [2.05, 4.69) is 56.7 Å². The molecule has 1 amide bonds. The zero-order valence-electron chi connectivity index (χ0n) is 11.6. The van der Waals surface area contributed by atoms with Gasteiger partial charge in [0.25, 0.3) is 5.91 Å². The Hall–Kier alpha value is -0.850. The number of aromatic nitrogens is 2. The molecule has 0 radical (unpaired) electrons. The molecule has 0 atom stereocenters. The number of H-pyrrole nitrogens is 1. The van der Waals surface area contributed by atoms with E-state index >= 15 is 0 Å². The maximum absolute atomic E-state index is 12.1. The fourth-order valence-electron chi connectivity index (χ4n) is 1.98. The Bertz CT molecular complexity index is 499. The van der Waals surface area contributed by atoms with Gasteiger partial charge in [-0.25, -0.2) is 0 Å². The van der Waals surface area contributed by atoms with E-state index in [9.17, 15) is 4.79 Å². The van der Waals surface area contributed by atoms with Gasteiger partial charge in [0.15, 0.2) is 5.69 Å². The van der Waals surface area contributed by atoms with Crippen molar-refractivity contribution in [3.63, 3.8) is 0 Å². The van der Waals surface area contributed by atoms with E-state index in [-0.39, 0.29) is 18.3 Å². The van der Waals surface area contributed by atoms with Gasteiger partial charge in [-0.1, -0.05) is 25.5 Å². The molecule has 0 aromatic carbocycles. The van der Waals surface area contributed by atoms with E-state index in [0.717, 1.165) is 29.7 Å². The van der Waals surface area contributed by atoms with Crippen LogP contribution in [0.4, 0.5) is 0 Å². The number of carbonyl (C=O) groups is 1. The zero-order chi connectivity index (χ0) is 13.8. The molecule has 2 rings (SSSR count). The first-order valence-electron chi connectivity index (χ1n) is 6.50. The predicted molar refractivity (Wildman–Crippen MR) is 85.5 cm³/mol. The van der Waals surface area contributed by atoms with E-state index < -0.39 is 0 Å². The van der Waals surface area contributed by atoms with Crippen molar-refractivity contribution < 1.29 is 4.79 Å². The summed E-state index contributed by atoms with van der Waals surface area (Å²) in [5.74, 6) is 0.157. The van der Waals surface area contributed by atoms with Gasteiger partial charge in [0, 0.05) is 13.1 Å². The molecule has 0 fully saturated rings. The second kappa shape index (κ2) is 7.81. The van der Waals surface area contributed by atoms with Crippen LogP contribution in [0.2, 0.25) is 0 Å². The number of halogens is 2. The van der Waals surface area contributed by atoms with Crippen molar-refractivity contribution in [2.75, 3.05) is 19.6 Å². The van der Waals surface area contributed by atoms with Crippen LogP contribution in [0.15, 0.2) is 16.1 Å². The lowest BCUT2D eigenvalue weighted by Gasteiger charge is -2.14. The van der Waals surface area contributed by atoms with Crippen LogP contribution >= 0.6 is 28.3 Å². The van der Waals surface area contributed by atoms with Crippen molar-refractivity contribution in [3.05, 3.63) is 27.5 Å². The van der Waals surface area contributed by atoms with Crippen molar-refractivity contribution in [2.24, 2.45) is 0 Å². The van der Waals surface area contributed by atoms with Gasteiger partial charge in [0.05, 0.1) is 10.2 Å². The summed E-state index contributed by atoms with van der Waals surface area (Å²) >= 11 is 3.44. The lowest BCUT2D eigenvalue weighted by molar-refractivity contribution is 0.0951. The maximum Gasteiger partial charge on any atom is 0.273 e. The first kappa shape index (κ1) is 17.2. The first-order chi connectivity index (χ1) is 9.09. The van der Waals surface area contributed by atoms with Gasteiger partial charge in [0.1, 0.15) is 0 Å². The highest BCUT2D eigenvalue weighted by Gasteiger charge is 2.19. The summed E-state index contributed by atoms with van der Waals surface area (Å²) in [5, 5.41) is 13.2. The summed E-state index contributed by atoms with van der Waals surface area (Å²) in [6.07, 6.45) is 3.11. The van der Waals surface area contributed by atoms with Crippen molar-refractivity contribution in [2.45, 2.75) is 26.2 Å². The molecule has 1 aromatic rings. The molecule has 0 unspecified atom stereocenters. The molecule has 7 heteroatoms. The highest BCUT2D eigenvalue weighted by atomic mass is 79.9. The van der Waals surface area contributed by atoms with Crippen molar-refractivity contribution in [3.8, 4) is 0 Å². The number of carbonyl (C=O) groups excluding carboxylic acids is 1. The van der Waals surface area contributed by atoms with Crippen molar-refractivity contribution in [1.82, 2.24) is 20.8 Å². The Morgan fingerprint density at radius 2 is 2.30 bits per heavy atom. The molecule has 2 heterocycles. The highest BCUT2D eigenvalue weighted by molar-refractivity contribution is 9.10. The van der Waals surface area contributed by atoms with Gasteiger partial charge in [-0.15, -0.1) is 12.4 Å². The summed E-state index contributed by atoms with van der Waals surface area (Å²) in [6.45, 7) is 6.57. The van der Waals surface area contributed by atoms with Crippen LogP contribution in [0.1, 0.15) is 42.4 Å². The standard InChI is InChI=1S/C13H19BrN4O.ClH/c1-8(2)11-10(14)12(18-17-11)13(19)16-7-9-3-5-15-6-4-9;/h3,8,15H,4-7H2,1-2H3,(H,16,19)(H,17,18);1H. The SMILES string of the molecule is CC(C)c1[nH]nc(C(=O)NCC2=CCNCC2)c1Br.Cl. The van der Waals surface area contributed by atoms with Crippen molar-refractivity contribution in [1.29, 1.82) is 0 Å². The Balaban J connectivity index is 0.00000200. The van der Waals surface area contributed by atoms with E-state index in [4.69, 9.17) is 0 Å². The van der Waals surface area contributed by atoms with Crippen LogP contribution in [0.25, 0.3) is 0 Å². The van der Waals surface area contributed by atoms with Crippen LogP contribution in [0.3, 0.4) is 0 Å². The van der Waals surface area contributed by atoms with Gasteiger partial charge in [-0.05, 0) is 34.8 Å². The molecule has 5 nitrogen and oxygen atoms in total. The zero-order valence-corrected chi connectivity index (χ0v) is 14.0. The van der Waals surface area contributed by atoms with Gasteiger partial charge >= 0.3 is 0 Å². The fraction of sp³-hybridized carbons (Fsp3) is 0.538. The molecule has 0 saturated heterocycles. The first-order valence-corrected chi connectivity index (χ1v) is 7.29. The fourth-order valence-corrected chi connectivity index (χ4v) is 2.80. The molecule has 1 aromatic heterocycles. The molecule has 20 heavy (non-hydrogen) atoms. The monoisotopic (exact) mass is 362 g/mol. The molecular formula is C13H20BrClN4O. The molecule has 1 aliphatic heterocycles. The van der Waals surface area contributed by atoms with E-state index in [1.165, 1.54) is 5.57 Å². The second-order valence-electron chi connectivity index (χ2n) is 4.95. The number of amides is 1. The van der Waals surface area contributed by atoms with E-state index in [1.54, 1.807) is 0 Å². The second-order valence-corrected chi connectivity index (χ2v) is 5.75. The third kappa shape index (κ3) is 4.07. The molecule has 1 aliphatic rings. The van der Waals surface area contributed by atoms with Crippen LogP contribution in [-0.2, 0) is 0 Å². The molecule has 3 N–H and O–H groups in total. The summed E-state index contributed by atoms with van der Waals surface area (Å²) in [6, 6.07) is 0. The molecule has 0 bridgehead atoms. The molecular weight excluding hydrogens is 344 g/mol. The minimum atomic E-state index is -0.144. The minimum Gasteiger partial charge on any atom is -0.347 e. The van der Waals surface area contributed by atoms with Gasteiger partial charge in [0.2, 0.25) is 0 Å². The van der Waals surface area contributed by atoms with Crippen molar-refractivity contribution >= 4 is 34.2 Å². The van der Waals surface area contributed by atoms with Gasteiger partial charge in [-0.2, -0.15) is 5.10 Å². The number of nitrogens with one attached hydrogen (secondary N) is 3. The number of rotatable bonds is 4. The Kier molecular flexibility index (Phi) is 6.71. The average Bonchev–Trinajstić information content (AvgIpc) is 2.79. The lowest BCUT2D eigenvalue weighted by atomic mass is 10.1. The van der Waals surface area contributed by atoms with Crippen LogP contribution in [0.5, 0.6) is 0 Å². The summed E-state index contributed by atoms with van der Waals surface area (Å²) in [7, 11) is 0. The van der Waals surface area contributed by atoms with Crippen LogP contribution in [-0.4, -0.2) is 35.7 Å². The third-order valence-electron chi connectivity index (χ3n) is 3.16. The highest BCUT2D eigenvalue weighted by Crippen LogP contribution is 2.25. The number of hydrogen-bond donors (Lipinski definition) is 3. The van der Waals surface area contributed by atoms with Crippen LogP contribution < -0.4 is 10.6 Å². The summed E-state index contributed by atoms with van der Waals surface area (Å²) < 4.78 is 0.763. The minimum absolute atomic E-state index is 0. The Morgan fingerprint density at radius 3 is 2.85 bits per heavy atom. The smallest absolute Gasteiger partial charge is 0.273 e. The van der Waals surface area contributed by atoms with Gasteiger partial charge < -0.3 is 10.6 Å². The normalized spacial score (nSPS) is 14.7. The van der Waals surface area contributed by atoms with Gasteiger partial charge in [-0.3, -0.25) is 9.89 Å². The summed E-state index contributed by atoms with van der Waals surface area (Å²) in [5.41, 5.74) is 2.65.